The minimum Gasteiger partial charge on any atom is -0.456 e. The normalized spacial score (nSPS) is 11.4. The molecule has 0 amide bonds. The molecule has 0 aliphatic rings. The fourth-order valence-electron chi connectivity index (χ4n) is 14.0. The monoisotopic (exact) mass is 1330 g/mol. The number of nitrogens with zero attached hydrogens (tertiary/aromatic N) is 3. The SMILES string of the molecule is Clc1ccc2ccc3ccc4nc(-c5ccccc5)oc4c3c2c1.S.c1ccc(-c2ccccc2Cc2ccc3c(c2)oc2ccccc23)cc1.c1ccc(-c2nc3ccc4ccc5ccc(N(c6ccc7c(c6)oc6ccccc67)c6ccccc6-c6ccccc6)cc5c4c3o2)cc1. The second-order valence-corrected chi connectivity index (χ2v) is 25.3. The fourth-order valence-corrected chi connectivity index (χ4v) is 14.2. The van der Waals surface area contributed by atoms with E-state index in [1.54, 1.807) is 0 Å². The van der Waals surface area contributed by atoms with Crippen molar-refractivity contribution < 1.29 is 17.7 Å². The van der Waals surface area contributed by atoms with Crippen molar-refractivity contribution in [2.75, 3.05) is 4.90 Å². The fraction of sp³-hybridized carbons (Fsp3) is 0.0110. The molecule has 0 spiro atoms. The van der Waals surface area contributed by atoms with Gasteiger partial charge in [0.2, 0.25) is 11.8 Å². The summed E-state index contributed by atoms with van der Waals surface area (Å²) < 4.78 is 25.2. The van der Waals surface area contributed by atoms with Crippen LogP contribution in [0.3, 0.4) is 0 Å². The van der Waals surface area contributed by atoms with Crippen molar-refractivity contribution in [1.82, 2.24) is 9.97 Å². The molecule has 0 atom stereocenters. The molecule has 476 valence electrons. The van der Waals surface area contributed by atoms with E-state index in [0.29, 0.717) is 11.8 Å². The molecule has 0 unspecified atom stereocenters. The van der Waals surface area contributed by atoms with Gasteiger partial charge in [0, 0.05) is 71.5 Å². The van der Waals surface area contributed by atoms with Crippen LogP contribution in [-0.2, 0) is 6.42 Å². The molecule has 16 aromatic carbocycles. The summed E-state index contributed by atoms with van der Waals surface area (Å²) in [5, 5.41) is 14.1. The number of hydrogen-bond acceptors (Lipinski definition) is 7. The second-order valence-electron chi connectivity index (χ2n) is 24.8. The zero-order chi connectivity index (χ0) is 65.8. The highest BCUT2D eigenvalue weighted by molar-refractivity contribution is 7.59. The molecule has 7 nitrogen and oxygen atoms in total. The highest BCUT2D eigenvalue weighted by Crippen LogP contribution is 2.46. The quantitative estimate of drug-likeness (QED) is 0.133. The average molecular weight is 1330 g/mol. The molecule has 4 aromatic heterocycles. The molecule has 20 rings (SSSR count). The maximum Gasteiger partial charge on any atom is 0.227 e. The van der Waals surface area contributed by atoms with Gasteiger partial charge in [-0.05, 0) is 164 Å². The van der Waals surface area contributed by atoms with Crippen molar-refractivity contribution in [3.8, 4) is 45.2 Å². The van der Waals surface area contributed by atoms with Crippen molar-refractivity contribution in [2.45, 2.75) is 6.42 Å². The summed E-state index contributed by atoms with van der Waals surface area (Å²) >= 11 is 6.23. The van der Waals surface area contributed by atoms with Crippen LogP contribution in [0.1, 0.15) is 11.1 Å². The first-order valence-electron chi connectivity index (χ1n) is 33.1. The van der Waals surface area contributed by atoms with Crippen molar-refractivity contribution in [3.05, 3.63) is 356 Å². The number of aromatic nitrogens is 2. The van der Waals surface area contributed by atoms with E-state index >= 15 is 0 Å². The van der Waals surface area contributed by atoms with Gasteiger partial charge in [-0.15, -0.1) is 0 Å². The van der Waals surface area contributed by atoms with Crippen LogP contribution in [0.15, 0.2) is 357 Å². The van der Waals surface area contributed by atoms with Crippen molar-refractivity contribution >= 4 is 151 Å². The maximum atomic E-state index is 6.56. The Bertz CT molecular complexity index is 6430. The first-order chi connectivity index (χ1) is 49.0. The van der Waals surface area contributed by atoms with Crippen molar-refractivity contribution in [2.24, 2.45) is 0 Å². The molecule has 20 aromatic rings. The third-order valence-electron chi connectivity index (χ3n) is 18.7. The second kappa shape index (κ2) is 26.2. The number of hydrogen-bond donors (Lipinski definition) is 0. The van der Waals surface area contributed by atoms with Crippen LogP contribution in [0.5, 0.6) is 0 Å². The summed E-state index contributed by atoms with van der Waals surface area (Å²) in [6.07, 6.45) is 0.887. The van der Waals surface area contributed by atoms with Gasteiger partial charge in [-0.3, -0.25) is 0 Å². The number of oxazole rings is 2. The summed E-state index contributed by atoms with van der Waals surface area (Å²) in [5.74, 6) is 1.26. The molecular weight excluding hydrogens is 1270 g/mol. The minimum absolute atomic E-state index is 0. The number of fused-ring (bicyclic) bond motifs is 16. The summed E-state index contributed by atoms with van der Waals surface area (Å²) in [6, 6.07) is 117. The lowest BCUT2D eigenvalue weighted by Gasteiger charge is -2.28. The lowest BCUT2D eigenvalue weighted by atomic mass is 9.95. The van der Waals surface area contributed by atoms with Crippen LogP contribution in [0, 0.1) is 0 Å². The van der Waals surface area contributed by atoms with E-state index in [1.165, 1.54) is 33.0 Å². The topological polar surface area (TPSA) is 81.6 Å². The lowest BCUT2D eigenvalue weighted by molar-refractivity contribution is 0.623. The van der Waals surface area contributed by atoms with Crippen LogP contribution in [-0.4, -0.2) is 9.97 Å². The largest absolute Gasteiger partial charge is 0.456 e. The number of rotatable bonds is 9. The van der Waals surface area contributed by atoms with Crippen LogP contribution in [0.25, 0.3) is 154 Å². The van der Waals surface area contributed by atoms with E-state index in [0.717, 1.165) is 149 Å². The van der Waals surface area contributed by atoms with Crippen molar-refractivity contribution in [3.63, 3.8) is 0 Å². The highest BCUT2D eigenvalue weighted by Gasteiger charge is 2.22. The van der Waals surface area contributed by atoms with Crippen molar-refractivity contribution in [1.29, 1.82) is 0 Å². The first-order valence-corrected chi connectivity index (χ1v) is 33.5. The van der Waals surface area contributed by atoms with E-state index in [9.17, 15) is 0 Å². The van der Waals surface area contributed by atoms with E-state index in [4.69, 9.17) is 34.3 Å². The number of anilines is 3. The summed E-state index contributed by atoms with van der Waals surface area (Å²) in [7, 11) is 0. The Morgan fingerprint density at radius 2 is 0.720 bits per heavy atom. The Morgan fingerprint density at radius 1 is 0.300 bits per heavy atom. The molecule has 4 heterocycles. The average Bonchev–Trinajstić information content (AvgIpc) is 1.49. The molecule has 0 aliphatic carbocycles. The van der Waals surface area contributed by atoms with E-state index in [-0.39, 0.29) is 13.5 Å². The van der Waals surface area contributed by atoms with Gasteiger partial charge in [0.05, 0.1) is 5.69 Å². The molecular formula is C91H60ClN3O4S. The van der Waals surface area contributed by atoms with Gasteiger partial charge in [-0.25, -0.2) is 9.97 Å². The Morgan fingerprint density at radius 3 is 1.32 bits per heavy atom. The van der Waals surface area contributed by atoms with E-state index < -0.39 is 0 Å². The molecule has 0 fully saturated rings. The van der Waals surface area contributed by atoms with Gasteiger partial charge in [0.25, 0.3) is 0 Å². The number of halogens is 1. The van der Waals surface area contributed by atoms with Crippen LogP contribution >= 0.6 is 25.1 Å². The summed E-state index contributed by atoms with van der Waals surface area (Å²) in [6.45, 7) is 0. The molecule has 0 radical (unpaired) electrons. The van der Waals surface area contributed by atoms with Crippen LogP contribution < -0.4 is 4.90 Å². The molecule has 100 heavy (non-hydrogen) atoms. The minimum atomic E-state index is 0. The first kappa shape index (κ1) is 61.2. The van der Waals surface area contributed by atoms with E-state index in [1.807, 2.05) is 115 Å². The van der Waals surface area contributed by atoms with Gasteiger partial charge in [-0.1, -0.05) is 248 Å². The van der Waals surface area contributed by atoms with Gasteiger partial charge >= 0.3 is 0 Å². The van der Waals surface area contributed by atoms with Gasteiger partial charge in [-0.2, -0.15) is 13.5 Å². The standard InChI is InChI=1S/C45H28N2O2.C25H18O.C21H12ClNO.H2S/c1-3-11-29(12-4-1)35-15-7-9-17-40(35)47(34-24-25-37-36-16-8-10-18-41(36)48-42(37)28-34)33-23-21-30-19-20-31-22-26-39-44(43(31)38(30)27-33)49-45(46-39)32-13-5-2-6-14-32;1-2-8-19(9-3-1)21-11-5-4-10-20(21)16-18-14-15-23-22-12-6-7-13-24(22)26-25(23)17-18;22-16-10-8-13-6-7-14-9-11-18-20(19(14)17(13)12-16)24-21(23-18)15-4-2-1-3-5-15;/h1-28H;1-15,17H,16H2;1-12H;1H2. The number of para-hydroxylation sites is 3. The Labute approximate surface area is 587 Å². The van der Waals surface area contributed by atoms with Gasteiger partial charge in [0.1, 0.15) is 33.4 Å². The molecule has 0 saturated carbocycles. The summed E-state index contributed by atoms with van der Waals surface area (Å²) in [4.78, 5) is 11.9. The van der Waals surface area contributed by atoms with Crippen LogP contribution in [0.4, 0.5) is 17.1 Å². The third kappa shape index (κ3) is 11.4. The van der Waals surface area contributed by atoms with E-state index in [2.05, 4.69) is 234 Å². The molecule has 9 heteroatoms. The predicted octanol–water partition coefficient (Wildman–Crippen LogP) is 26.2. The smallest absolute Gasteiger partial charge is 0.227 e. The zero-order valence-electron chi connectivity index (χ0n) is 53.9. The lowest BCUT2D eigenvalue weighted by Crippen LogP contribution is -2.11. The van der Waals surface area contributed by atoms with Crippen LogP contribution in [0.2, 0.25) is 5.02 Å². The summed E-state index contributed by atoms with van der Waals surface area (Å²) in [5.41, 5.74) is 19.4. The van der Waals surface area contributed by atoms with Gasteiger partial charge < -0.3 is 22.6 Å². The highest BCUT2D eigenvalue weighted by atomic mass is 35.5. The zero-order valence-corrected chi connectivity index (χ0v) is 55.6. The number of furan rings is 2. The number of benzene rings is 16. The predicted molar refractivity (Wildman–Crippen MR) is 420 cm³/mol. The van der Waals surface area contributed by atoms with Gasteiger partial charge in [0.15, 0.2) is 11.2 Å². The Hall–Kier alpha value is -12.5. The molecule has 0 aliphatic heterocycles. The molecule has 0 bridgehead atoms. The maximum absolute atomic E-state index is 6.56. The molecule has 0 N–H and O–H groups in total. The Kier molecular flexibility index (Phi) is 16.0. The Balaban J connectivity index is 0.000000123. The molecule has 0 saturated heterocycles. The third-order valence-corrected chi connectivity index (χ3v) is 19.0.